The average molecular weight is 274 g/mol. The van der Waals surface area contributed by atoms with Crippen LogP contribution in [0.5, 0.6) is 0 Å². The molecule has 1 heterocycles. The summed E-state index contributed by atoms with van der Waals surface area (Å²) in [6, 6.07) is 19.2. The van der Waals surface area contributed by atoms with Gasteiger partial charge in [-0.3, -0.25) is 4.98 Å². The van der Waals surface area contributed by atoms with Crippen LogP contribution in [0.2, 0.25) is 0 Å². The van der Waals surface area contributed by atoms with Gasteiger partial charge in [0.15, 0.2) is 0 Å². The van der Waals surface area contributed by atoms with Crippen LogP contribution in [-0.4, -0.2) is 11.0 Å². The molecule has 3 aromatic rings. The molecule has 0 amide bonds. The second kappa shape index (κ2) is 4.97. The molecule has 2 unspecified atom stereocenters. The molecule has 1 aliphatic carbocycles. The summed E-state index contributed by atoms with van der Waals surface area (Å²) in [5, 5.41) is 1.23. The second-order valence-electron chi connectivity index (χ2n) is 5.86. The molecule has 2 nitrogen and oxygen atoms in total. The van der Waals surface area contributed by atoms with Gasteiger partial charge in [0.2, 0.25) is 0 Å². The molecule has 0 bridgehead atoms. The molecule has 0 aliphatic heterocycles. The lowest BCUT2D eigenvalue weighted by Crippen LogP contribution is -2.37. The SMILES string of the molecule is NC(Cc1ccnc2ccccc12)C1Cc2ccccc21. The van der Waals surface area contributed by atoms with E-state index in [0.717, 1.165) is 18.4 Å². The standard InChI is InChI=1S/C19H18N2/c20-18(17-11-13-5-1-2-6-15(13)17)12-14-9-10-21-19-8-4-3-7-16(14)19/h1-10,17-18H,11-12,20H2. The number of fused-ring (bicyclic) bond motifs is 2. The number of nitrogens with two attached hydrogens (primary N) is 1. The smallest absolute Gasteiger partial charge is 0.0704 e. The van der Waals surface area contributed by atoms with Crippen molar-refractivity contribution in [3.05, 3.63) is 77.5 Å². The van der Waals surface area contributed by atoms with Gasteiger partial charge in [0.25, 0.3) is 0 Å². The van der Waals surface area contributed by atoms with E-state index in [-0.39, 0.29) is 6.04 Å². The minimum Gasteiger partial charge on any atom is -0.327 e. The van der Waals surface area contributed by atoms with E-state index >= 15 is 0 Å². The van der Waals surface area contributed by atoms with E-state index in [1.54, 1.807) is 0 Å². The fourth-order valence-electron chi connectivity index (χ4n) is 3.41. The molecular formula is C19H18N2. The number of pyridine rings is 1. The number of rotatable bonds is 3. The molecule has 0 fully saturated rings. The van der Waals surface area contributed by atoms with Gasteiger partial charge in [0, 0.05) is 23.5 Å². The van der Waals surface area contributed by atoms with Crippen LogP contribution in [0.15, 0.2) is 60.8 Å². The summed E-state index contributed by atoms with van der Waals surface area (Å²) in [7, 11) is 0. The zero-order chi connectivity index (χ0) is 14.2. The molecule has 104 valence electrons. The number of benzene rings is 2. The van der Waals surface area contributed by atoms with Gasteiger partial charge in [-0.05, 0) is 41.7 Å². The first-order valence-corrected chi connectivity index (χ1v) is 7.49. The van der Waals surface area contributed by atoms with E-state index in [4.69, 9.17) is 5.73 Å². The number of nitrogens with zero attached hydrogens (tertiary/aromatic N) is 1. The molecule has 2 aromatic carbocycles. The highest BCUT2D eigenvalue weighted by molar-refractivity contribution is 5.81. The summed E-state index contributed by atoms with van der Waals surface area (Å²) in [4.78, 5) is 4.42. The highest BCUT2D eigenvalue weighted by atomic mass is 14.7. The van der Waals surface area contributed by atoms with E-state index in [9.17, 15) is 0 Å². The molecule has 1 aliphatic rings. The molecule has 0 saturated carbocycles. The largest absolute Gasteiger partial charge is 0.327 e. The monoisotopic (exact) mass is 274 g/mol. The summed E-state index contributed by atoms with van der Waals surface area (Å²) in [6.45, 7) is 0. The highest BCUT2D eigenvalue weighted by Crippen LogP contribution is 2.37. The van der Waals surface area contributed by atoms with Crippen LogP contribution in [0.3, 0.4) is 0 Å². The van der Waals surface area contributed by atoms with Gasteiger partial charge in [0.1, 0.15) is 0 Å². The minimum absolute atomic E-state index is 0.172. The molecule has 4 rings (SSSR count). The van der Waals surface area contributed by atoms with Gasteiger partial charge in [-0.15, -0.1) is 0 Å². The zero-order valence-electron chi connectivity index (χ0n) is 11.9. The molecular weight excluding hydrogens is 256 g/mol. The maximum atomic E-state index is 6.50. The van der Waals surface area contributed by atoms with Gasteiger partial charge in [0.05, 0.1) is 5.52 Å². The first-order chi connectivity index (χ1) is 10.3. The van der Waals surface area contributed by atoms with E-state index < -0.39 is 0 Å². The van der Waals surface area contributed by atoms with Crippen LogP contribution in [0.1, 0.15) is 22.6 Å². The van der Waals surface area contributed by atoms with Crippen molar-refractivity contribution in [3.63, 3.8) is 0 Å². The highest BCUT2D eigenvalue weighted by Gasteiger charge is 2.30. The number of hydrogen-bond acceptors (Lipinski definition) is 2. The predicted octanol–water partition coefficient (Wildman–Crippen LogP) is 3.44. The van der Waals surface area contributed by atoms with Gasteiger partial charge in [-0.25, -0.2) is 0 Å². The van der Waals surface area contributed by atoms with Crippen molar-refractivity contribution in [3.8, 4) is 0 Å². The van der Waals surface area contributed by atoms with Gasteiger partial charge < -0.3 is 5.73 Å². The summed E-state index contributed by atoms with van der Waals surface area (Å²) < 4.78 is 0. The zero-order valence-corrected chi connectivity index (χ0v) is 11.9. The Balaban J connectivity index is 1.61. The van der Waals surface area contributed by atoms with Gasteiger partial charge in [-0.1, -0.05) is 42.5 Å². The fraction of sp³-hybridized carbons (Fsp3) is 0.211. The van der Waals surface area contributed by atoms with Crippen molar-refractivity contribution < 1.29 is 0 Å². The van der Waals surface area contributed by atoms with E-state index in [2.05, 4.69) is 53.5 Å². The van der Waals surface area contributed by atoms with Crippen molar-refractivity contribution in [1.29, 1.82) is 0 Å². The lowest BCUT2D eigenvalue weighted by atomic mass is 9.72. The topological polar surface area (TPSA) is 38.9 Å². The van der Waals surface area contributed by atoms with Crippen molar-refractivity contribution in [2.45, 2.75) is 24.8 Å². The Morgan fingerprint density at radius 3 is 2.76 bits per heavy atom. The third-order valence-electron chi connectivity index (χ3n) is 4.61. The molecule has 0 radical (unpaired) electrons. The molecule has 2 atom stereocenters. The van der Waals surface area contributed by atoms with Crippen molar-refractivity contribution in [2.24, 2.45) is 5.73 Å². The molecule has 2 heteroatoms. The van der Waals surface area contributed by atoms with Gasteiger partial charge >= 0.3 is 0 Å². The van der Waals surface area contributed by atoms with Crippen LogP contribution in [0, 0.1) is 0 Å². The third-order valence-corrected chi connectivity index (χ3v) is 4.61. The summed E-state index contributed by atoms with van der Waals surface area (Å²) >= 11 is 0. The van der Waals surface area contributed by atoms with Gasteiger partial charge in [-0.2, -0.15) is 0 Å². The van der Waals surface area contributed by atoms with Crippen LogP contribution in [0.4, 0.5) is 0 Å². The second-order valence-corrected chi connectivity index (χ2v) is 5.86. The average Bonchev–Trinajstić information content (AvgIpc) is 2.49. The molecule has 2 N–H and O–H groups in total. The Hall–Kier alpha value is -2.19. The predicted molar refractivity (Wildman–Crippen MR) is 86.3 cm³/mol. The summed E-state index contributed by atoms with van der Waals surface area (Å²) in [5.74, 6) is 0.494. The van der Waals surface area contributed by atoms with Crippen LogP contribution < -0.4 is 5.73 Å². The maximum Gasteiger partial charge on any atom is 0.0704 e. The molecule has 0 saturated heterocycles. The Labute approximate surface area is 124 Å². The fourth-order valence-corrected chi connectivity index (χ4v) is 3.41. The number of aromatic nitrogens is 1. The van der Waals surface area contributed by atoms with E-state index in [1.165, 1.54) is 22.1 Å². The van der Waals surface area contributed by atoms with Crippen molar-refractivity contribution in [1.82, 2.24) is 4.98 Å². The normalized spacial score (nSPS) is 18.0. The minimum atomic E-state index is 0.172. The van der Waals surface area contributed by atoms with Crippen LogP contribution >= 0.6 is 0 Å². The quantitative estimate of drug-likeness (QED) is 0.794. The summed E-state index contributed by atoms with van der Waals surface area (Å²) in [5.41, 5.74) is 11.7. The van der Waals surface area contributed by atoms with Crippen LogP contribution in [0.25, 0.3) is 10.9 Å². The van der Waals surface area contributed by atoms with Crippen molar-refractivity contribution >= 4 is 10.9 Å². The van der Waals surface area contributed by atoms with Crippen molar-refractivity contribution in [2.75, 3.05) is 0 Å². The number of para-hydroxylation sites is 1. The Bertz CT molecular complexity index is 789. The molecule has 0 spiro atoms. The van der Waals surface area contributed by atoms with E-state index in [1.807, 2.05) is 12.3 Å². The first kappa shape index (κ1) is 12.5. The lowest BCUT2D eigenvalue weighted by Gasteiger charge is -2.34. The Morgan fingerprint density at radius 1 is 1.05 bits per heavy atom. The van der Waals surface area contributed by atoms with E-state index in [0.29, 0.717) is 5.92 Å². The lowest BCUT2D eigenvalue weighted by molar-refractivity contribution is 0.481. The number of hydrogen-bond donors (Lipinski definition) is 1. The van der Waals surface area contributed by atoms with Crippen LogP contribution in [-0.2, 0) is 12.8 Å². The third kappa shape index (κ3) is 2.12. The first-order valence-electron chi connectivity index (χ1n) is 7.49. The Morgan fingerprint density at radius 2 is 1.86 bits per heavy atom. The molecule has 21 heavy (non-hydrogen) atoms. The molecule has 1 aromatic heterocycles. The Kier molecular flexibility index (Phi) is 2.97. The summed E-state index contributed by atoms with van der Waals surface area (Å²) in [6.07, 6.45) is 3.90. The maximum absolute atomic E-state index is 6.50.